The molecule has 0 unspecified atom stereocenters. The van der Waals surface area contributed by atoms with Crippen LogP contribution in [0.25, 0.3) is 21.3 Å². The first-order valence-corrected chi connectivity index (χ1v) is 11.1. The SMILES string of the molecule is Cc1nc2ccccc2nc1Nc1nc2ccc(CN3CCC(C)CC3)cc2s1. The molecule has 5 rings (SSSR count). The average Bonchev–Trinajstić information content (AvgIpc) is 3.12. The van der Waals surface area contributed by atoms with Gasteiger partial charge in [-0.15, -0.1) is 0 Å². The van der Waals surface area contributed by atoms with Crippen LogP contribution in [-0.2, 0) is 6.54 Å². The Hall–Kier alpha value is -2.57. The molecular formula is C23H25N5S. The lowest BCUT2D eigenvalue weighted by molar-refractivity contribution is 0.185. The number of benzene rings is 2. The Morgan fingerprint density at radius 3 is 2.55 bits per heavy atom. The van der Waals surface area contributed by atoms with Crippen molar-refractivity contribution in [2.75, 3.05) is 18.4 Å². The van der Waals surface area contributed by atoms with Crippen molar-refractivity contribution in [2.24, 2.45) is 5.92 Å². The largest absolute Gasteiger partial charge is 0.315 e. The number of hydrogen-bond acceptors (Lipinski definition) is 6. The van der Waals surface area contributed by atoms with Crippen molar-refractivity contribution in [3.05, 3.63) is 53.7 Å². The van der Waals surface area contributed by atoms with E-state index in [1.54, 1.807) is 11.3 Å². The molecular weight excluding hydrogens is 378 g/mol. The molecule has 0 atom stereocenters. The van der Waals surface area contributed by atoms with E-state index in [1.165, 1.54) is 36.2 Å². The van der Waals surface area contributed by atoms with E-state index < -0.39 is 0 Å². The molecule has 1 N–H and O–H groups in total. The highest BCUT2D eigenvalue weighted by Gasteiger charge is 2.16. The summed E-state index contributed by atoms with van der Waals surface area (Å²) in [6, 6.07) is 14.6. The fourth-order valence-corrected chi connectivity index (χ4v) is 4.84. The minimum Gasteiger partial charge on any atom is -0.315 e. The van der Waals surface area contributed by atoms with E-state index >= 15 is 0 Å². The molecule has 0 aliphatic carbocycles. The Morgan fingerprint density at radius 2 is 1.76 bits per heavy atom. The summed E-state index contributed by atoms with van der Waals surface area (Å²) in [4.78, 5) is 16.7. The summed E-state index contributed by atoms with van der Waals surface area (Å²) in [6.07, 6.45) is 2.62. The molecule has 2 aromatic heterocycles. The molecule has 4 aromatic rings. The van der Waals surface area contributed by atoms with Gasteiger partial charge in [-0.3, -0.25) is 4.90 Å². The number of aromatic nitrogens is 3. The van der Waals surface area contributed by atoms with E-state index in [1.807, 2.05) is 31.2 Å². The zero-order valence-electron chi connectivity index (χ0n) is 16.9. The van der Waals surface area contributed by atoms with E-state index in [9.17, 15) is 0 Å². The molecule has 1 fully saturated rings. The lowest BCUT2D eigenvalue weighted by Gasteiger charge is -2.30. The van der Waals surface area contributed by atoms with Gasteiger partial charge in [0.05, 0.1) is 26.9 Å². The quantitative estimate of drug-likeness (QED) is 0.486. The second-order valence-electron chi connectivity index (χ2n) is 8.05. The highest BCUT2D eigenvalue weighted by molar-refractivity contribution is 7.22. The van der Waals surface area contributed by atoms with Gasteiger partial charge in [0.15, 0.2) is 10.9 Å². The summed E-state index contributed by atoms with van der Waals surface area (Å²) >= 11 is 1.67. The van der Waals surface area contributed by atoms with Gasteiger partial charge in [-0.25, -0.2) is 15.0 Å². The van der Waals surface area contributed by atoms with Crippen molar-refractivity contribution in [3.63, 3.8) is 0 Å². The highest BCUT2D eigenvalue weighted by Crippen LogP contribution is 2.30. The number of fused-ring (bicyclic) bond motifs is 2. The van der Waals surface area contributed by atoms with Gasteiger partial charge in [0.25, 0.3) is 0 Å². The van der Waals surface area contributed by atoms with Crippen LogP contribution in [0.4, 0.5) is 10.9 Å². The topological polar surface area (TPSA) is 53.9 Å². The summed E-state index contributed by atoms with van der Waals surface area (Å²) in [5.74, 6) is 1.64. The van der Waals surface area contributed by atoms with Gasteiger partial charge < -0.3 is 5.32 Å². The lowest BCUT2D eigenvalue weighted by atomic mass is 9.99. The monoisotopic (exact) mass is 403 g/mol. The van der Waals surface area contributed by atoms with Gasteiger partial charge in [0.2, 0.25) is 0 Å². The van der Waals surface area contributed by atoms with Crippen LogP contribution in [0.2, 0.25) is 0 Å². The summed E-state index contributed by atoms with van der Waals surface area (Å²) in [6.45, 7) is 7.77. The lowest BCUT2D eigenvalue weighted by Crippen LogP contribution is -2.32. The van der Waals surface area contributed by atoms with Crippen molar-refractivity contribution in [1.29, 1.82) is 0 Å². The third-order valence-electron chi connectivity index (χ3n) is 5.71. The number of piperidine rings is 1. The smallest absolute Gasteiger partial charge is 0.189 e. The predicted molar refractivity (Wildman–Crippen MR) is 121 cm³/mol. The molecule has 0 saturated carbocycles. The number of aryl methyl sites for hydroxylation is 1. The minimum absolute atomic E-state index is 0.769. The third kappa shape index (κ3) is 3.95. The van der Waals surface area contributed by atoms with E-state index in [0.29, 0.717) is 0 Å². The first-order chi connectivity index (χ1) is 14.1. The Balaban J connectivity index is 1.37. The van der Waals surface area contributed by atoms with Gasteiger partial charge in [0, 0.05) is 6.54 Å². The second-order valence-corrected chi connectivity index (χ2v) is 9.08. The number of likely N-dealkylation sites (tertiary alicyclic amines) is 1. The molecule has 1 saturated heterocycles. The van der Waals surface area contributed by atoms with Crippen molar-refractivity contribution >= 4 is 43.5 Å². The predicted octanol–water partition coefficient (Wildman–Crippen LogP) is 5.52. The van der Waals surface area contributed by atoms with Gasteiger partial charge in [-0.05, 0) is 68.6 Å². The Bertz CT molecular complexity index is 1160. The summed E-state index contributed by atoms with van der Waals surface area (Å²) in [7, 11) is 0. The van der Waals surface area contributed by atoms with Crippen LogP contribution in [-0.4, -0.2) is 32.9 Å². The molecule has 29 heavy (non-hydrogen) atoms. The standard InChI is InChI=1S/C23H25N5S/c1-15-9-11-28(12-10-15)14-17-7-8-20-21(13-17)29-23(26-20)27-22-16(2)24-18-5-3-4-6-19(18)25-22/h3-8,13,15H,9-12,14H2,1-2H3,(H,25,26,27). The Kier molecular flexibility index (Phi) is 4.89. The van der Waals surface area contributed by atoms with Crippen LogP contribution < -0.4 is 5.32 Å². The van der Waals surface area contributed by atoms with E-state index in [4.69, 9.17) is 9.97 Å². The molecule has 0 bridgehead atoms. The highest BCUT2D eigenvalue weighted by atomic mass is 32.1. The first kappa shape index (κ1) is 18.5. The van der Waals surface area contributed by atoms with Crippen molar-refractivity contribution in [3.8, 4) is 0 Å². The van der Waals surface area contributed by atoms with E-state index in [-0.39, 0.29) is 0 Å². The van der Waals surface area contributed by atoms with Crippen molar-refractivity contribution in [2.45, 2.75) is 33.2 Å². The molecule has 148 valence electrons. The summed E-state index contributed by atoms with van der Waals surface area (Å²) < 4.78 is 1.21. The molecule has 6 heteroatoms. The van der Waals surface area contributed by atoms with Crippen LogP contribution in [0.5, 0.6) is 0 Å². The maximum atomic E-state index is 4.75. The number of nitrogens with one attached hydrogen (secondary N) is 1. The molecule has 1 aliphatic heterocycles. The van der Waals surface area contributed by atoms with Crippen molar-refractivity contribution in [1.82, 2.24) is 19.9 Å². The number of anilines is 2. The Morgan fingerprint density at radius 1 is 1.00 bits per heavy atom. The van der Waals surface area contributed by atoms with Crippen molar-refractivity contribution < 1.29 is 0 Å². The molecule has 0 radical (unpaired) electrons. The van der Waals surface area contributed by atoms with Gasteiger partial charge in [0.1, 0.15) is 0 Å². The van der Waals surface area contributed by atoms with Gasteiger partial charge in [-0.2, -0.15) is 0 Å². The Labute approximate surface area is 174 Å². The van der Waals surface area contributed by atoms with Crippen LogP contribution in [0, 0.1) is 12.8 Å². The van der Waals surface area contributed by atoms with E-state index in [2.05, 4.69) is 40.3 Å². The van der Waals surface area contributed by atoms with Crippen LogP contribution >= 0.6 is 11.3 Å². The van der Waals surface area contributed by atoms with Crippen LogP contribution in [0.15, 0.2) is 42.5 Å². The van der Waals surface area contributed by atoms with Gasteiger partial charge >= 0.3 is 0 Å². The maximum Gasteiger partial charge on any atom is 0.189 e. The molecule has 1 aliphatic rings. The van der Waals surface area contributed by atoms with Crippen LogP contribution in [0.1, 0.15) is 31.0 Å². The molecule has 3 heterocycles. The fourth-order valence-electron chi connectivity index (χ4n) is 3.91. The zero-order valence-corrected chi connectivity index (χ0v) is 17.7. The molecule has 0 spiro atoms. The van der Waals surface area contributed by atoms with E-state index in [0.717, 1.165) is 45.7 Å². The average molecular weight is 404 g/mol. The number of hydrogen-bond donors (Lipinski definition) is 1. The number of thiazole rings is 1. The normalized spacial score (nSPS) is 15.9. The van der Waals surface area contributed by atoms with Gasteiger partial charge in [-0.1, -0.05) is 36.5 Å². The fraction of sp³-hybridized carbons (Fsp3) is 0.348. The summed E-state index contributed by atoms with van der Waals surface area (Å²) in [5.41, 5.74) is 5.07. The van der Waals surface area contributed by atoms with Crippen LogP contribution in [0.3, 0.4) is 0 Å². The number of nitrogens with zero attached hydrogens (tertiary/aromatic N) is 4. The maximum absolute atomic E-state index is 4.75. The number of rotatable bonds is 4. The third-order valence-corrected chi connectivity index (χ3v) is 6.64. The number of para-hydroxylation sites is 2. The molecule has 0 amide bonds. The molecule has 5 nitrogen and oxygen atoms in total. The summed E-state index contributed by atoms with van der Waals surface area (Å²) in [5, 5.41) is 4.24. The zero-order chi connectivity index (χ0) is 19.8. The minimum atomic E-state index is 0.769. The first-order valence-electron chi connectivity index (χ1n) is 10.3. The molecule has 2 aromatic carbocycles. The second kappa shape index (κ2) is 7.69.